The van der Waals surface area contributed by atoms with Crippen LogP contribution < -0.4 is 11.1 Å². The average Bonchev–Trinajstić information content (AvgIpc) is 2.39. The molecule has 4 nitrogen and oxygen atoms in total. The average molecular weight is 381 g/mol. The molecule has 1 aromatic rings. The third-order valence-electron chi connectivity index (χ3n) is 4.91. The van der Waals surface area contributed by atoms with Gasteiger partial charge in [-0.3, -0.25) is 4.79 Å². The highest BCUT2D eigenvalue weighted by Crippen LogP contribution is 2.32. The topological polar surface area (TPSA) is 58.4 Å². The van der Waals surface area contributed by atoms with Gasteiger partial charge in [-0.25, -0.2) is 0 Å². The van der Waals surface area contributed by atoms with Crippen LogP contribution in [0.15, 0.2) is 18.2 Å². The van der Waals surface area contributed by atoms with E-state index >= 15 is 0 Å². The molecular formula is C16H24Cl3N3O. The molecule has 2 atom stereocenters. The quantitative estimate of drug-likeness (QED) is 0.772. The van der Waals surface area contributed by atoms with Crippen LogP contribution in [-0.4, -0.2) is 36.0 Å². The number of piperidine rings is 2. The fraction of sp³-hybridized carbons (Fsp3) is 0.562. The summed E-state index contributed by atoms with van der Waals surface area (Å²) in [6, 6.07) is 6.49. The SMILES string of the molecule is CN1C2CCCC1CC(NC(=O)c1ccc(N)cc1Cl)C2.Cl.Cl. The first kappa shape index (κ1) is 20.4. The number of carbonyl (C=O) groups excluding carboxylic acids is 1. The molecule has 3 N–H and O–H groups in total. The first-order valence-corrected chi connectivity index (χ1v) is 8.00. The third kappa shape index (κ3) is 4.44. The minimum absolute atomic E-state index is 0. The van der Waals surface area contributed by atoms with E-state index in [1.165, 1.54) is 19.3 Å². The zero-order valence-corrected chi connectivity index (χ0v) is 15.5. The van der Waals surface area contributed by atoms with Crippen molar-refractivity contribution >= 4 is 48.0 Å². The first-order valence-electron chi connectivity index (χ1n) is 7.62. The van der Waals surface area contributed by atoms with Gasteiger partial charge in [0.05, 0.1) is 10.6 Å². The van der Waals surface area contributed by atoms with Crippen molar-refractivity contribution in [3.8, 4) is 0 Å². The fourth-order valence-corrected chi connectivity index (χ4v) is 3.99. The Kier molecular flexibility index (Phi) is 7.46. The maximum absolute atomic E-state index is 12.4. The second-order valence-electron chi connectivity index (χ2n) is 6.29. The summed E-state index contributed by atoms with van der Waals surface area (Å²) in [6.45, 7) is 0. The van der Waals surface area contributed by atoms with Gasteiger partial charge in [0.2, 0.25) is 0 Å². The molecule has 0 aliphatic carbocycles. The van der Waals surface area contributed by atoms with Crippen molar-refractivity contribution in [3.05, 3.63) is 28.8 Å². The Morgan fingerprint density at radius 2 is 1.87 bits per heavy atom. The molecule has 2 aliphatic rings. The van der Waals surface area contributed by atoms with Crippen LogP contribution in [0.2, 0.25) is 5.02 Å². The molecule has 0 saturated carbocycles. The summed E-state index contributed by atoms with van der Waals surface area (Å²) in [6.07, 6.45) is 5.85. The number of carbonyl (C=O) groups is 1. The van der Waals surface area contributed by atoms with E-state index in [0.29, 0.717) is 28.4 Å². The van der Waals surface area contributed by atoms with Crippen molar-refractivity contribution < 1.29 is 4.79 Å². The summed E-state index contributed by atoms with van der Waals surface area (Å²) in [7, 11) is 2.21. The predicted molar refractivity (Wildman–Crippen MR) is 100 cm³/mol. The van der Waals surface area contributed by atoms with E-state index < -0.39 is 0 Å². The smallest absolute Gasteiger partial charge is 0.253 e. The van der Waals surface area contributed by atoms with Crippen LogP contribution in [0.5, 0.6) is 0 Å². The third-order valence-corrected chi connectivity index (χ3v) is 5.23. The van der Waals surface area contributed by atoms with Gasteiger partial charge in [-0.05, 0) is 50.9 Å². The number of nitrogens with two attached hydrogens (primary N) is 1. The molecule has 7 heteroatoms. The van der Waals surface area contributed by atoms with Gasteiger partial charge in [-0.15, -0.1) is 24.8 Å². The number of amides is 1. The molecule has 2 heterocycles. The molecule has 2 saturated heterocycles. The van der Waals surface area contributed by atoms with E-state index in [9.17, 15) is 4.79 Å². The molecule has 1 aromatic carbocycles. The molecular weight excluding hydrogens is 357 g/mol. The van der Waals surface area contributed by atoms with Crippen LogP contribution in [0.4, 0.5) is 5.69 Å². The molecule has 2 unspecified atom stereocenters. The number of benzene rings is 1. The van der Waals surface area contributed by atoms with Gasteiger partial charge in [0.25, 0.3) is 5.91 Å². The van der Waals surface area contributed by atoms with Gasteiger partial charge in [-0.1, -0.05) is 18.0 Å². The second kappa shape index (κ2) is 8.43. The number of halogens is 3. The van der Waals surface area contributed by atoms with E-state index in [1.807, 2.05) is 0 Å². The molecule has 0 radical (unpaired) electrons. The summed E-state index contributed by atoms with van der Waals surface area (Å²) >= 11 is 6.11. The van der Waals surface area contributed by atoms with Crippen LogP contribution in [0.1, 0.15) is 42.5 Å². The van der Waals surface area contributed by atoms with Gasteiger partial charge in [0, 0.05) is 23.8 Å². The Labute approximate surface area is 154 Å². The number of hydrogen-bond acceptors (Lipinski definition) is 3. The number of rotatable bonds is 2. The molecule has 0 spiro atoms. The lowest BCUT2D eigenvalue weighted by atomic mass is 9.82. The zero-order valence-electron chi connectivity index (χ0n) is 13.1. The maximum Gasteiger partial charge on any atom is 0.253 e. The Bertz CT molecular complexity index is 541. The van der Waals surface area contributed by atoms with E-state index in [-0.39, 0.29) is 36.8 Å². The number of nitrogens with zero attached hydrogens (tertiary/aromatic N) is 1. The molecule has 23 heavy (non-hydrogen) atoms. The highest BCUT2D eigenvalue weighted by atomic mass is 35.5. The lowest BCUT2D eigenvalue weighted by molar-refractivity contribution is 0.0463. The Morgan fingerprint density at radius 1 is 1.26 bits per heavy atom. The number of nitrogens with one attached hydrogen (secondary N) is 1. The Hall–Kier alpha value is -0.680. The lowest BCUT2D eigenvalue weighted by Gasteiger charge is -2.47. The molecule has 2 bridgehead atoms. The predicted octanol–water partition coefficient (Wildman–Crippen LogP) is 3.51. The Morgan fingerprint density at radius 3 is 2.43 bits per heavy atom. The Balaban J connectivity index is 0.00000132. The second-order valence-corrected chi connectivity index (χ2v) is 6.69. The summed E-state index contributed by atoms with van der Waals surface area (Å²) in [5.74, 6) is -0.0902. The molecule has 2 aliphatic heterocycles. The normalized spacial score (nSPS) is 26.6. The van der Waals surface area contributed by atoms with E-state index in [2.05, 4.69) is 17.3 Å². The summed E-state index contributed by atoms with van der Waals surface area (Å²) in [4.78, 5) is 14.9. The van der Waals surface area contributed by atoms with Gasteiger partial charge in [0.1, 0.15) is 0 Å². The number of nitrogen functional groups attached to an aromatic ring is 1. The largest absolute Gasteiger partial charge is 0.399 e. The zero-order chi connectivity index (χ0) is 15.0. The maximum atomic E-state index is 12.4. The first-order chi connectivity index (χ1) is 10.0. The molecule has 130 valence electrons. The van der Waals surface area contributed by atoms with Crippen molar-refractivity contribution in [1.82, 2.24) is 10.2 Å². The van der Waals surface area contributed by atoms with Crippen molar-refractivity contribution in [1.29, 1.82) is 0 Å². The molecule has 2 fully saturated rings. The molecule has 0 aromatic heterocycles. The standard InChI is InChI=1S/C16H22ClN3O.2ClH/c1-20-12-3-2-4-13(20)9-11(8-12)19-16(21)14-6-5-10(18)7-15(14)17;;/h5-7,11-13H,2-4,8-9,18H2,1H3,(H,19,21);2*1H. The van der Waals surface area contributed by atoms with Crippen LogP contribution in [0.3, 0.4) is 0 Å². The molecule has 3 rings (SSSR count). The minimum Gasteiger partial charge on any atom is -0.399 e. The number of fused-ring (bicyclic) bond motifs is 2. The highest BCUT2D eigenvalue weighted by Gasteiger charge is 2.36. The summed E-state index contributed by atoms with van der Waals surface area (Å²) in [5.41, 5.74) is 6.75. The number of anilines is 1. The summed E-state index contributed by atoms with van der Waals surface area (Å²) in [5, 5.41) is 3.57. The van der Waals surface area contributed by atoms with Crippen LogP contribution >= 0.6 is 36.4 Å². The van der Waals surface area contributed by atoms with Crippen LogP contribution in [-0.2, 0) is 0 Å². The van der Waals surface area contributed by atoms with Crippen molar-refractivity contribution in [3.63, 3.8) is 0 Å². The number of hydrogen-bond donors (Lipinski definition) is 2. The van der Waals surface area contributed by atoms with E-state index in [4.69, 9.17) is 17.3 Å². The monoisotopic (exact) mass is 379 g/mol. The van der Waals surface area contributed by atoms with Crippen LogP contribution in [0.25, 0.3) is 0 Å². The van der Waals surface area contributed by atoms with E-state index in [0.717, 1.165) is 12.8 Å². The van der Waals surface area contributed by atoms with Crippen molar-refractivity contribution in [2.75, 3.05) is 12.8 Å². The van der Waals surface area contributed by atoms with Gasteiger partial charge < -0.3 is 16.0 Å². The van der Waals surface area contributed by atoms with Crippen molar-refractivity contribution in [2.45, 2.75) is 50.2 Å². The lowest BCUT2D eigenvalue weighted by Crippen LogP contribution is -2.55. The minimum atomic E-state index is -0.0902. The summed E-state index contributed by atoms with van der Waals surface area (Å²) < 4.78 is 0. The van der Waals surface area contributed by atoms with Gasteiger partial charge in [-0.2, -0.15) is 0 Å². The van der Waals surface area contributed by atoms with Gasteiger partial charge >= 0.3 is 0 Å². The van der Waals surface area contributed by atoms with Crippen molar-refractivity contribution in [2.24, 2.45) is 0 Å². The highest BCUT2D eigenvalue weighted by molar-refractivity contribution is 6.34. The van der Waals surface area contributed by atoms with Crippen LogP contribution in [0, 0.1) is 0 Å². The van der Waals surface area contributed by atoms with Gasteiger partial charge in [0.15, 0.2) is 0 Å². The fourth-order valence-electron chi connectivity index (χ4n) is 3.71. The molecule has 1 amide bonds. The van der Waals surface area contributed by atoms with E-state index in [1.54, 1.807) is 18.2 Å².